The number of benzene rings is 2. The Balaban J connectivity index is 1.44. The van der Waals surface area contributed by atoms with Crippen LogP contribution in [0.4, 0.5) is 4.39 Å². The minimum absolute atomic E-state index is 0.0813. The largest absolute Gasteiger partial charge is 0.440 e. The van der Waals surface area contributed by atoms with Gasteiger partial charge in [-0.2, -0.15) is 8.42 Å². The molecule has 4 rings (SSSR count). The summed E-state index contributed by atoms with van der Waals surface area (Å²) in [7, 11) is -3.93. The number of halogens is 1. The SMILES string of the molecule is Cc1ccc(S(=O)(=O)O[n+]2ccc(Cc3ncc(-c4ccc(F)cc4)o3)cc2)cc1. The Morgan fingerprint density at radius 3 is 2.33 bits per heavy atom. The first-order chi connectivity index (χ1) is 14.4. The van der Waals surface area contributed by atoms with Gasteiger partial charge >= 0.3 is 10.1 Å². The fourth-order valence-corrected chi connectivity index (χ4v) is 3.67. The number of pyridine rings is 1. The van der Waals surface area contributed by atoms with Crippen LogP contribution < -0.4 is 9.01 Å². The lowest BCUT2D eigenvalue weighted by Crippen LogP contribution is -2.45. The molecule has 0 aliphatic carbocycles. The Morgan fingerprint density at radius 2 is 1.67 bits per heavy atom. The van der Waals surface area contributed by atoms with Crippen molar-refractivity contribution in [1.82, 2.24) is 4.98 Å². The summed E-state index contributed by atoms with van der Waals surface area (Å²) < 4.78 is 49.7. The Morgan fingerprint density at radius 1 is 1.00 bits per heavy atom. The number of rotatable bonds is 6. The van der Waals surface area contributed by atoms with E-state index in [0.717, 1.165) is 21.4 Å². The van der Waals surface area contributed by atoms with Gasteiger partial charge in [0, 0.05) is 28.8 Å². The van der Waals surface area contributed by atoms with Crippen LogP contribution in [0.3, 0.4) is 0 Å². The minimum Gasteiger partial charge on any atom is -0.440 e. The molecule has 2 aromatic carbocycles. The summed E-state index contributed by atoms with van der Waals surface area (Å²) in [6.07, 6.45) is 5.01. The van der Waals surface area contributed by atoms with Crippen LogP contribution in [0.15, 0.2) is 88.6 Å². The van der Waals surface area contributed by atoms with Gasteiger partial charge in [-0.3, -0.25) is 0 Å². The van der Waals surface area contributed by atoms with E-state index >= 15 is 0 Å². The lowest BCUT2D eigenvalue weighted by atomic mass is 10.2. The van der Waals surface area contributed by atoms with E-state index in [1.54, 1.807) is 42.6 Å². The van der Waals surface area contributed by atoms with Gasteiger partial charge in [0.1, 0.15) is 10.7 Å². The quantitative estimate of drug-likeness (QED) is 0.442. The number of aromatic nitrogens is 2. The van der Waals surface area contributed by atoms with E-state index in [9.17, 15) is 12.8 Å². The number of nitrogens with zero attached hydrogens (tertiary/aromatic N) is 2. The van der Waals surface area contributed by atoms with Crippen molar-refractivity contribution in [1.29, 1.82) is 0 Å². The molecular formula is C22H18FN2O4S+. The molecule has 0 atom stereocenters. The molecule has 0 unspecified atom stereocenters. The molecule has 0 spiro atoms. The number of hydrogen-bond donors (Lipinski definition) is 0. The third-order valence-corrected chi connectivity index (χ3v) is 5.62. The highest BCUT2D eigenvalue weighted by atomic mass is 32.2. The first kappa shape index (κ1) is 19.8. The van der Waals surface area contributed by atoms with Crippen molar-refractivity contribution in [2.75, 3.05) is 0 Å². The third-order valence-electron chi connectivity index (χ3n) is 4.40. The fourth-order valence-electron chi connectivity index (χ4n) is 2.79. The normalized spacial score (nSPS) is 11.4. The second-order valence-electron chi connectivity index (χ2n) is 6.71. The van der Waals surface area contributed by atoms with E-state index in [4.69, 9.17) is 8.70 Å². The summed E-state index contributed by atoms with van der Waals surface area (Å²) >= 11 is 0. The summed E-state index contributed by atoms with van der Waals surface area (Å²) in [4.78, 5) is 4.33. The number of oxazole rings is 1. The van der Waals surface area contributed by atoms with Crippen LogP contribution in [0.2, 0.25) is 0 Å². The van der Waals surface area contributed by atoms with Gasteiger partial charge in [0.05, 0.1) is 6.20 Å². The number of aryl methyl sites for hydroxylation is 1. The maximum atomic E-state index is 13.0. The van der Waals surface area contributed by atoms with Gasteiger partial charge in [0.2, 0.25) is 12.4 Å². The lowest BCUT2D eigenvalue weighted by Gasteiger charge is -2.02. The van der Waals surface area contributed by atoms with Crippen molar-refractivity contribution < 1.29 is 26.2 Å². The molecule has 6 nitrogen and oxygen atoms in total. The topological polar surface area (TPSA) is 73.3 Å². The molecule has 30 heavy (non-hydrogen) atoms. The van der Waals surface area contributed by atoms with E-state index < -0.39 is 10.1 Å². The highest BCUT2D eigenvalue weighted by molar-refractivity contribution is 7.86. The predicted molar refractivity (Wildman–Crippen MR) is 106 cm³/mol. The van der Waals surface area contributed by atoms with Crippen LogP contribution in [0.25, 0.3) is 11.3 Å². The molecule has 0 bridgehead atoms. The van der Waals surface area contributed by atoms with E-state index in [2.05, 4.69) is 4.98 Å². The number of hydrogen-bond acceptors (Lipinski definition) is 5. The Bertz CT molecular complexity index is 1250. The molecule has 2 aromatic heterocycles. The zero-order valence-corrected chi connectivity index (χ0v) is 16.8. The first-order valence-electron chi connectivity index (χ1n) is 9.11. The molecule has 4 aromatic rings. The molecule has 0 aliphatic heterocycles. The van der Waals surface area contributed by atoms with Crippen LogP contribution >= 0.6 is 0 Å². The second kappa shape index (κ2) is 8.08. The maximum Gasteiger partial charge on any atom is 0.396 e. The van der Waals surface area contributed by atoms with Crippen molar-refractivity contribution >= 4 is 10.1 Å². The van der Waals surface area contributed by atoms with E-state index in [-0.39, 0.29) is 10.7 Å². The van der Waals surface area contributed by atoms with E-state index in [0.29, 0.717) is 18.1 Å². The Kier molecular flexibility index (Phi) is 5.33. The average molecular weight is 425 g/mol. The summed E-state index contributed by atoms with van der Waals surface area (Å²) in [6, 6.07) is 15.8. The maximum absolute atomic E-state index is 13.0. The zero-order valence-electron chi connectivity index (χ0n) is 16.0. The second-order valence-corrected chi connectivity index (χ2v) is 8.24. The average Bonchev–Trinajstić information content (AvgIpc) is 3.19. The van der Waals surface area contributed by atoms with Gasteiger partial charge in [-0.25, -0.2) is 9.37 Å². The van der Waals surface area contributed by atoms with Crippen molar-refractivity contribution in [2.24, 2.45) is 0 Å². The molecule has 0 fully saturated rings. The first-order valence-corrected chi connectivity index (χ1v) is 10.5. The van der Waals surface area contributed by atoms with Crippen LogP contribution in [-0.2, 0) is 16.5 Å². The van der Waals surface area contributed by atoms with E-state index in [1.165, 1.54) is 36.7 Å². The summed E-state index contributed by atoms with van der Waals surface area (Å²) in [5.74, 6) is 0.714. The summed E-state index contributed by atoms with van der Waals surface area (Å²) in [5.41, 5.74) is 2.55. The summed E-state index contributed by atoms with van der Waals surface area (Å²) in [6.45, 7) is 1.88. The van der Waals surface area contributed by atoms with Gasteiger partial charge in [0.15, 0.2) is 11.7 Å². The van der Waals surface area contributed by atoms with Crippen molar-refractivity contribution in [3.8, 4) is 11.3 Å². The molecule has 0 saturated carbocycles. The molecule has 0 radical (unpaired) electrons. The molecule has 152 valence electrons. The van der Waals surface area contributed by atoms with Crippen molar-refractivity contribution in [3.05, 3.63) is 102 Å². The monoisotopic (exact) mass is 425 g/mol. The molecule has 8 heteroatoms. The third kappa shape index (κ3) is 4.55. The molecule has 0 saturated heterocycles. The zero-order chi connectivity index (χ0) is 21.1. The van der Waals surface area contributed by atoms with Gasteiger partial charge in [-0.15, -0.1) is 4.28 Å². The van der Waals surface area contributed by atoms with Crippen LogP contribution in [0.5, 0.6) is 0 Å². The highest BCUT2D eigenvalue weighted by Crippen LogP contribution is 2.21. The lowest BCUT2D eigenvalue weighted by molar-refractivity contribution is -0.856. The fraction of sp³-hybridized carbons (Fsp3) is 0.0909. The smallest absolute Gasteiger partial charge is 0.396 e. The van der Waals surface area contributed by atoms with Crippen molar-refractivity contribution in [2.45, 2.75) is 18.2 Å². The Labute approximate surface area is 173 Å². The Hall–Kier alpha value is -3.52. The van der Waals surface area contributed by atoms with Gasteiger partial charge < -0.3 is 4.42 Å². The van der Waals surface area contributed by atoms with E-state index in [1.807, 2.05) is 6.92 Å². The highest BCUT2D eigenvalue weighted by Gasteiger charge is 2.21. The van der Waals surface area contributed by atoms with Gasteiger partial charge in [0.25, 0.3) is 0 Å². The van der Waals surface area contributed by atoms with Crippen LogP contribution in [0.1, 0.15) is 17.0 Å². The van der Waals surface area contributed by atoms with Crippen LogP contribution in [0, 0.1) is 12.7 Å². The van der Waals surface area contributed by atoms with Gasteiger partial charge in [-0.05, 0) is 48.9 Å². The van der Waals surface area contributed by atoms with Crippen LogP contribution in [-0.4, -0.2) is 13.4 Å². The summed E-state index contributed by atoms with van der Waals surface area (Å²) in [5, 5.41) is 0. The standard InChI is InChI=1S/C22H18FN2O4S/c1-16-2-8-20(9-3-16)30(26,27)29-25-12-10-17(11-13-25)14-22-24-15-21(28-22)18-4-6-19(23)7-5-18/h2-13,15H,14H2,1H3/q+1. The van der Waals surface area contributed by atoms with Gasteiger partial charge in [-0.1, -0.05) is 17.7 Å². The molecule has 2 heterocycles. The van der Waals surface area contributed by atoms with Crippen molar-refractivity contribution in [3.63, 3.8) is 0 Å². The predicted octanol–water partition coefficient (Wildman–Crippen LogP) is 3.48. The molecule has 0 aliphatic rings. The molecular weight excluding hydrogens is 407 g/mol. The molecule has 0 N–H and O–H groups in total. The molecule has 0 amide bonds. The minimum atomic E-state index is -3.93.